The van der Waals surface area contributed by atoms with Gasteiger partial charge >= 0.3 is 5.97 Å². The molecule has 0 radical (unpaired) electrons. The Kier molecular flexibility index (Phi) is 4.39. The van der Waals surface area contributed by atoms with Crippen LogP contribution in [-0.2, 0) is 16.1 Å². The molecule has 0 aliphatic rings. The molecule has 0 fully saturated rings. The molecule has 0 aliphatic carbocycles. The molecule has 1 atom stereocenters. The van der Waals surface area contributed by atoms with E-state index in [4.69, 9.17) is 10.5 Å². The number of nitrogens with two attached hydrogens (primary N) is 1. The SMILES string of the molecule is CCOC(=O)C(C)(N)CCCn1cnc2ccccc21. The number of benzene rings is 1. The topological polar surface area (TPSA) is 70.1 Å². The second-order valence-corrected chi connectivity index (χ2v) is 5.17. The van der Waals surface area contributed by atoms with Gasteiger partial charge in [-0.3, -0.25) is 4.79 Å². The molecule has 108 valence electrons. The van der Waals surface area contributed by atoms with Crippen LogP contribution in [0.4, 0.5) is 0 Å². The number of imidazole rings is 1. The van der Waals surface area contributed by atoms with Gasteiger partial charge in [0.2, 0.25) is 0 Å². The maximum atomic E-state index is 11.7. The molecule has 0 amide bonds. The van der Waals surface area contributed by atoms with Gasteiger partial charge in [-0.25, -0.2) is 4.98 Å². The summed E-state index contributed by atoms with van der Waals surface area (Å²) in [6, 6.07) is 7.98. The van der Waals surface area contributed by atoms with E-state index in [2.05, 4.69) is 9.55 Å². The number of carbonyl (C=O) groups excluding carboxylic acids is 1. The van der Waals surface area contributed by atoms with Crippen LogP contribution in [-0.4, -0.2) is 27.7 Å². The minimum absolute atomic E-state index is 0.338. The maximum absolute atomic E-state index is 11.7. The number of carbonyl (C=O) groups is 1. The lowest BCUT2D eigenvalue weighted by molar-refractivity contribution is -0.149. The molecule has 20 heavy (non-hydrogen) atoms. The predicted octanol–water partition coefficient (Wildman–Crippen LogP) is 2.10. The second-order valence-electron chi connectivity index (χ2n) is 5.17. The Balaban J connectivity index is 1.94. The van der Waals surface area contributed by atoms with Crippen molar-refractivity contribution in [3.63, 3.8) is 0 Å². The van der Waals surface area contributed by atoms with Crippen molar-refractivity contribution in [2.75, 3.05) is 6.61 Å². The lowest BCUT2D eigenvalue weighted by Gasteiger charge is -2.22. The van der Waals surface area contributed by atoms with Crippen LogP contribution < -0.4 is 5.73 Å². The highest BCUT2D eigenvalue weighted by atomic mass is 16.5. The van der Waals surface area contributed by atoms with Gasteiger partial charge in [-0.1, -0.05) is 12.1 Å². The van der Waals surface area contributed by atoms with Crippen molar-refractivity contribution < 1.29 is 9.53 Å². The standard InChI is InChI=1S/C15H21N3O2/c1-3-20-14(19)15(2,16)9-6-10-18-11-17-12-7-4-5-8-13(12)18/h4-5,7-8,11H,3,6,9-10,16H2,1-2H3. The van der Waals surface area contributed by atoms with Gasteiger partial charge in [0.25, 0.3) is 0 Å². The van der Waals surface area contributed by atoms with Gasteiger partial charge < -0.3 is 15.0 Å². The maximum Gasteiger partial charge on any atom is 0.325 e. The van der Waals surface area contributed by atoms with Crippen LogP contribution in [0.1, 0.15) is 26.7 Å². The number of aryl methyl sites for hydroxylation is 1. The first-order valence-electron chi connectivity index (χ1n) is 6.90. The first-order valence-corrected chi connectivity index (χ1v) is 6.90. The van der Waals surface area contributed by atoms with E-state index in [0.717, 1.165) is 24.0 Å². The third-order valence-corrected chi connectivity index (χ3v) is 3.36. The lowest BCUT2D eigenvalue weighted by Crippen LogP contribution is -2.46. The summed E-state index contributed by atoms with van der Waals surface area (Å²) in [4.78, 5) is 16.0. The molecule has 5 heteroatoms. The van der Waals surface area contributed by atoms with E-state index in [1.54, 1.807) is 13.8 Å². The Morgan fingerprint density at radius 2 is 2.20 bits per heavy atom. The van der Waals surface area contributed by atoms with E-state index in [0.29, 0.717) is 13.0 Å². The number of aromatic nitrogens is 2. The Hall–Kier alpha value is -1.88. The van der Waals surface area contributed by atoms with Crippen LogP contribution in [0.5, 0.6) is 0 Å². The van der Waals surface area contributed by atoms with Crippen molar-refractivity contribution in [3.05, 3.63) is 30.6 Å². The fraction of sp³-hybridized carbons (Fsp3) is 0.467. The largest absolute Gasteiger partial charge is 0.465 e. The molecular formula is C15H21N3O2. The van der Waals surface area contributed by atoms with Crippen molar-refractivity contribution in [1.82, 2.24) is 9.55 Å². The van der Waals surface area contributed by atoms with Gasteiger partial charge in [0.05, 0.1) is 24.0 Å². The number of fused-ring (bicyclic) bond motifs is 1. The Morgan fingerprint density at radius 3 is 2.95 bits per heavy atom. The fourth-order valence-electron chi connectivity index (χ4n) is 2.20. The van der Waals surface area contributed by atoms with Gasteiger partial charge in [-0.2, -0.15) is 0 Å². The summed E-state index contributed by atoms with van der Waals surface area (Å²) in [5.41, 5.74) is 7.15. The minimum Gasteiger partial charge on any atom is -0.465 e. The summed E-state index contributed by atoms with van der Waals surface area (Å²) in [7, 11) is 0. The van der Waals surface area contributed by atoms with Crippen molar-refractivity contribution in [3.8, 4) is 0 Å². The van der Waals surface area contributed by atoms with Gasteiger partial charge in [-0.05, 0) is 38.8 Å². The zero-order valence-corrected chi connectivity index (χ0v) is 12.0. The monoisotopic (exact) mass is 275 g/mol. The molecule has 0 saturated heterocycles. The van der Waals surface area contributed by atoms with E-state index in [-0.39, 0.29) is 5.97 Å². The zero-order chi connectivity index (χ0) is 14.6. The molecule has 2 N–H and O–H groups in total. The van der Waals surface area contributed by atoms with Crippen LogP contribution in [0.2, 0.25) is 0 Å². The van der Waals surface area contributed by atoms with Crippen LogP contribution in [0, 0.1) is 0 Å². The van der Waals surface area contributed by atoms with E-state index in [1.807, 2.05) is 30.6 Å². The summed E-state index contributed by atoms with van der Waals surface area (Å²) < 4.78 is 7.06. The normalized spacial score (nSPS) is 14.2. The molecule has 1 aromatic carbocycles. The third kappa shape index (κ3) is 3.17. The number of ether oxygens (including phenoxy) is 1. The first kappa shape index (κ1) is 14.5. The van der Waals surface area contributed by atoms with Crippen molar-refractivity contribution in [1.29, 1.82) is 0 Å². The first-order chi connectivity index (χ1) is 9.54. The quantitative estimate of drug-likeness (QED) is 0.820. The Labute approximate surface area is 118 Å². The highest BCUT2D eigenvalue weighted by Crippen LogP contribution is 2.16. The molecular weight excluding hydrogens is 254 g/mol. The number of rotatable bonds is 6. The molecule has 1 aromatic heterocycles. The highest BCUT2D eigenvalue weighted by Gasteiger charge is 2.29. The van der Waals surface area contributed by atoms with Gasteiger partial charge in [0, 0.05) is 6.54 Å². The summed E-state index contributed by atoms with van der Waals surface area (Å²) in [5.74, 6) is -0.338. The van der Waals surface area contributed by atoms with E-state index in [1.165, 1.54) is 0 Å². The molecule has 2 rings (SSSR count). The summed E-state index contributed by atoms with van der Waals surface area (Å²) in [5, 5.41) is 0. The highest BCUT2D eigenvalue weighted by molar-refractivity contribution is 5.80. The predicted molar refractivity (Wildman–Crippen MR) is 78.2 cm³/mol. The van der Waals surface area contributed by atoms with Gasteiger partial charge in [0.15, 0.2) is 0 Å². The summed E-state index contributed by atoms with van der Waals surface area (Å²) >= 11 is 0. The molecule has 2 aromatic rings. The second kappa shape index (κ2) is 6.05. The van der Waals surface area contributed by atoms with Crippen molar-refractivity contribution in [2.24, 2.45) is 5.73 Å². The van der Waals surface area contributed by atoms with Crippen LogP contribution in [0.25, 0.3) is 11.0 Å². The lowest BCUT2D eigenvalue weighted by atomic mass is 9.97. The molecule has 0 aliphatic heterocycles. The smallest absolute Gasteiger partial charge is 0.325 e. The van der Waals surface area contributed by atoms with Gasteiger partial charge in [-0.15, -0.1) is 0 Å². The van der Waals surface area contributed by atoms with E-state index < -0.39 is 5.54 Å². The fourth-order valence-corrected chi connectivity index (χ4v) is 2.20. The Morgan fingerprint density at radius 1 is 1.45 bits per heavy atom. The van der Waals surface area contributed by atoms with E-state index in [9.17, 15) is 4.79 Å². The number of esters is 1. The van der Waals surface area contributed by atoms with Crippen LogP contribution >= 0.6 is 0 Å². The Bertz CT molecular complexity index is 590. The number of nitrogens with zero attached hydrogens (tertiary/aromatic N) is 2. The van der Waals surface area contributed by atoms with Crippen LogP contribution in [0.3, 0.4) is 0 Å². The molecule has 1 heterocycles. The molecule has 5 nitrogen and oxygen atoms in total. The van der Waals surface area contributed by atoms with Crippen molar-refractivity contribution in [2.45, 2.75) is 38.8 Å². The van der Waals surface area contributed by atoms with Crippen molar-refractivity contribution >= 4 is 17.0 Å². The average Bonchev–Trinajstić information content (AvgIpc) is 2.82. The molecule has 1 unspecified atom stereocenters. The molecule has 0 saturated carbocycles. The molecule has 0 spiro atoms. The number of para-hydroxylation sites is 2. The van der Waals surface area contributed by atoms with Crippen LogP contribution in [0.15, 0.2) is 30.6 Å². The average molecular weight is 275 g/mol. The number of hydrogen-bond donors (Lipinski definition) is 1. The minimum atomic E-state index is -0.924. The van der Waals surface area contributed by atoms with Gasteiger partial charge in [0.1, 0.15) is 5.54 Å². The number of hydrogen-bond acceptors (Lipinski definition) is 4. The summed E-state index contributed by atoms with van der Waals surface area (Å²) in [6.07, 6.45) is 3.20. The molecule has 0 bridgehead atoms. The third-order valence-electron chi connectivity index (χ3n) is 3.36. The zero-order valence-electron chi connectivity index (χ0n) is 12.0. The van der Waals surface area contributed by atoms with E-state index >= 15 is 0 Å². The summed E-state index contributed by atoms with van der Waals surface area (Å²) in [6.45, 7) is 4.65.